The molecule has 0 spiro atoms. The number of nitrogens with two attached hydrogens (primary N) is 2. The highest BCUT2D eigenvalue weighted by Crippen LogP contribution is 2.37. The van der Waals surface area contributed by atoms with E-state index >= 15 is 0 Å². The molecule has 64 heavy (non-hydrogen) atoms. The Morgan fingerprint density at radius 3 is 2.28 bits per heavy atom. The number of Topliss-reactive ketones (excluding diaryl/α,β-unsaturated/α-hetero) is 3. The fourth-order valence-electron chi connectivity index (χ4n) is 9.73. The molecule has 1 amide bonds. The molecule has 1 saturated carbocycles. The molecule has 15 atom stereocenters. The van der Waals surface area contributed by atoms with E-state index in [0.29, 0.717) is 57.8 Å². The topological polar surface area (TPSA) is 238 Å². The second-order valence-corrected chi connectivity index (χ2v) is 19.2. The number of ether oxygens (including phenoxy) is 4. The first kappa shape index (κ1) is 53.2. The summed E-state index contributed by atoms with van der Waals surface area (Å²) in [5.74, 6) is -8.51. The minimum absolute atomic E-state index is 0.0412. The highest BCUT2D eigenvalue weighted by Gasteiger charge is 2.53. The average Bonchev–Trinajstić information content (AvgIpc) is 3.27. The molecule has 360 valence electrons. The fraction of sp³-hybridized carbons (Fsp3) is 0.735. The largest absolute Gasteiger partial charge is 0.459 e. The molecular weight excluding hydrogens is 823 g/mol. The number of allylic oxidation sites excluding steroid dienone is 6. The van der Waals surface area contributed by atoms with Gasteiger partial charge in [-0.1, -0.05) is 64.2 Å². The van der Waals surface area contributed by atoms with Gasteiger partial charge in [-0.3, -0.25) is 19.2 Å². The smallest absolute Gasteiger partial charge is 0.329 e. The highest BCUT2D eigenvalue weighted by atomic mass is 16.6. The van der Waals surface area contributed by atoms with Crippen LogP contribution in [0.3, 0.4) is 0 Å². The van der Waals surface area contributed by atoms with Gasteiger partial charge in [0.15, 0.2) is 5.78 Å². The molecule has 3 aliphatic heterocycles. The zero-order valence-corrected chi connectivity index (χ0v) is 39.4. The lowest BCUT2D eigenvalue weighted by Crippen LogP contribution is -2.61. The van der Waals surface area contributed by atoms with Gasteiger partial charge in [-0.05, 0) is 101 Å². The van der Waals surface area contributed by atoms with Crippen LogP contribution in [0.15, 0.2) is 47.6 Å². The van der Waals surface area contributed by atoms with Crippen molar-refractivity contribution in [3.05, 3.63) is 47.6 Å². The van der Waals surface area contributed by atoms with Gasteiger partial charge in [0.05, 0.1) is 18.3 Å². The van der Waals surface area contributed by atoms with E-state index in [1.54, 1.807) is 35.0 Å². The maximum Gasteiger partial charge on any atom is 0.329 e. The number of carbonyl (C=O) groups is 5. The van der Waals surface area contributed by atoms with Crippen LogP contribution in [0.5, 0.6) is 0 Å². The van der Waals surface area contributed by atoms with E-state index in [1.165, 1.54) is 13.0 Å². The van der Waals surface area contributed by atoms with E-state index in [0.717, 1.165) is 16.9 Å². The van der Waals surface area contributed by atoms with Gasteiger partial charge in [0.2, 0.25) is 5.79 Å². The number of hydrogen-bond acceptors (Lipinski definition) is 14. The molecule has 15 nitrogen and oxygen atoms in total. The van der Waals surface area contributed by atoms with Crippen LogP contribution in [0.25, 0.3) is 0 Å². The van der Waals surface area contributed by atoms with Crippen LogP contribution in [0.2, 0.25) is 0 Å². The number of amides is 1. The fourth-order valence-corrected chi connectivity index (χ4v) is 9.73. The van der Waals surface area contributed by atoms with Crippen molar-refractivity contribution < 1.29 is 58.2 Å². The van der Waals surface area contributed by atoms with Crippen molar-refractivity contribution in [1.82, 2.24) is 4.90 Å². The molecule has 0 aromatic heterocycles. The number of methoxy groups -OCH3 is 2. The molecule has 2 saturated heterocycles. The van der Waals surface area contributed by atoms with Gasteiger partial charge in [-0.25, -0.2) is 4.79 Å². The van der Waals surface area contributed by atoms with Gasteiger partial charge in [0.1, 0.15) is 30.1 Å². The molecule has 15 heteroatoms. The van der Waals surface area contributed by atoms with Crippen LogP contribution in [-0.4, -0.2) is 131 Å². The Balaban J connectivity index is 1.69. The number of nitrogens with zero attached hydrogens (tertiary/aromatic N) is 1. The van der Waals surface area contributed by atoms with Gasteiger partial charge in [-0.15, -0.1) is 0 Å². The van der Waals surface area contributed by atoms with Crippen molar-refractivity contribution in [3.63, 3.8) is 0 Å². The molecule has 0 radical (unpaired) electrons. The predicted molar refractivity (Wildman–Crippen MR) is 241 cm³/mol. The summed E-state index contributed by atoms with van der Waals surface area (Å²) in [7, 11) is 3.17. The van der Waals surface area contributed by atoms with Gasteiger partial charge in [-0.2, -0.15) is 0 Å². The second kappa shape index (κ2) is 24.4. The minimum Gasteiger partial charge on any atom is -0.459 e. The summed E-state index contributed by atoms with van der Waals surface area (Å²) in [4.78, 5) is 71.1. The van der Waals surface area contributed by atoms with E-state index in [-0.39, 0.29) is 54.7 Å². The number of fused-ring (bicyclic) bond motifs is 3. The number of cyclic esters (lactones) is 1. The number of esters is 1. The lowest BCUT2D eigenvalue weighted by atomic mass is 9.79. The molecule has 1 aliphatic carbocycles. The van der Waals surface area contributed by atoms with Gasteiger partial charge < -0.3 is 50.6 Å². The second-order valence-electron chi connectivity index (χ2n) is 19.2. The molecule has 2 bridgehead atoms. The summed E-state index contributed by atoms with van der Waals surface area (Å²) in [5, 5.41) is 34.0. The molecule has 0 unspecified atom stereocenters. The Hall–Kier alpha value is -3.41. The summed E-state index contributed by atoms with van der Waals surface area (Å²) in [6.07, 6.45) is 10.2. The summed E-state index contributed by atoms with van der Waals surface area (Å²) < 4.78 is 23.7. The number of ketones is 3. The lowest BCUT2D eigenvalue weighted by Gasteiger charge is -2.42. The van der Waals surface area contributed by atoms with E-state index in [1.807, 2.05) is 44.2 Å². The standard InChI is InChI=1S/C49H77N3O12/c1-28-14-10-9-11-15-29(2)40(61-7)26-35-19-17-33(6)49(60,64-35)46(57)47(58)52-21-13-12-16-38(52)48(59)63-42(37(51)24-34-18-20-36(50)41(25-34)62-8)27-39(53)30(3)23-32(5)44(55)45(56)43(54)31(4)22-28/h9-11,14-15,23,28,30-31,33-38,40-42,44-45,55-56,60H,12-13,16-22,24-27,50-51H2,1-8H3/b11-9?,14-10+,29-15?,32-23+/t28-,30-,31-,33-,34+,35+,36+,37-,38+,40+,41-,42+,44-,45+,49-/m1/s1. The first-order valence-corrected chi connectivity index (χ1v) is 23.4. The Kier molecular flexibility index (Phi) is 20.3. The molecule has 7 N–H and O–H groups in total. The molecule has 4 rings (SSSR count). The van der Waals surface area contributed by atoms with E-state index < -0.39 is 89.6 Å². The Labute approximate surface area is 380 Å². The van der Waals surface area contributed by atoms with Gasteiger partial charge in [0, 0.05) is 63.4 Å². The zero-order valence-electron chi connectivity index (χ0n) is 39.4. The summed E-state index contributed by atoms with van der Waals surface area (Å²) in [5.41, 5.74) is 14.2. The number of rotatable bonds is 5. The first-order valence-electron chi connectivity index (χ1n) is 23.4. The monoisotopic (exact) mass is 900 g/mol. The summed E-state index contributed by atoms with van der Waals surface area (Å²) in [6.45, 7) is 10.4. The number of piperidine rings is 1. The molecule has 0 aromatic carbocycles. The summed E-state index contributed by atoms with van der Waals surface area (Å²) in [6, 6.07) is -2.14. The molecule has 3 heterocycles. The average molecular weight is 900 g/mol. The van der Waals surface area contributed by atoms with Gasteiger partial charge >= 0.3 is 5.97 Å². The SMILES string of the molecule is CO[C@H]1C[C@@H]2CC[C@@H](C)[C@@](O)(O2)C(=O)C(=O)N2CCCC[C@H]2C(=O)O[C@H]([C@H](N)C[C@@H]2CC[C@H](N)[C@H](OC)C2)CC(=O)[C@H](C)/C=C(\C)[C@@H](O)[C@@H](O)C(=O)[C@H](C)C[C@H](C)/C=C/C=CC=C1C. The minimum atomic E-state index is -2.45. The quantitative estimate of drug-likeness (QED) is 0.148. The Bertz CT molecular complexity index is 1750. The maximum atomic E-state index is 14.3. The summed E-state index contributed by atoms with van der Waals surface area (Å²) >= 11 is 0. The van der Waals surface area contributed by atoms with Gasteiger partial charge in [0.25, 0.3) is 11.7 Å². The van der Waals surface area contributed by atoms with Crippen molar-refractivity contribution in [2.75, 3.05) is 20.8 Å². The zero-order chi connectivity index (χ0) is 47.5. The predicted octanol–water partition coefficient (Wildman–Crippen LogP) is 4.18. The van der Waals surface area contributed by atoms with Crippen molar-refractivity contribution >= 4 is 29.2 Å². The number of aliphatic hydroxyl groups excluding tert-OH is 2. The maximum absolute atomic E-state index is 14.3. The van der Waals surface area contributed by atoms with E-state index in [2.05, 4.69) is 0 Å². The van der Waals surface area contributed by atoms with E-state index in [4.69, 9.17) is 30.4 Å². The van der Waals surface area contributed by atoms with Crippen LogP contribution in [-0.2, 0) is 42.9 Å². The Morgan fingerprint density at radius 1 is 0.875 bits per heavy atom. The van der Waals surface area contributed by atoms with Crippen LogP contribution in [0, 0.1) is 29.6 Å². The molecular formula is C49H77N3O12. The number of carbonyl (C=O) groups excluding carboxylic acids is 5. The third kappa shape index (κ3) is 13.8. The third-order valence-corrected chi connectivity index (χ3v) is 14.1. The Morgan fingerprint density at radius 2 is 1.59 bits per heavy atom. The molecule has 0 aromatic rings. The van der Waals surface area contributed by atoms with Crippen molar-refractivity contribution in [1.29, 1.82) is 0 Å². The normalized spacial score (nSPS) is 39.5. The van der Waals surface area contributed by atoms with Crippen molar-refractivity contribution in [2.45, 2.75) is 179 Å². The number of aliphatic hydroxyl groups is 3. The van der Waals surface area contributed by atoms with Crippen LogP contribution >= 0.6 is 0 Å². The van der Waals surface area contributed by atoms with E-state index in [9.17, 15) is 39.3 Å². The molecule has 3 fully saturated rings. The number of hydrogen-bond donors (Lipinski definition) is 5. The van der Waals surface area contributed by atoms with Crippen molar-refractivity contribution in [3.8, 4) is 0 Å². The van der Waals surface area contributed by atoms with Crippen molar-refractivity contribution in [2.24, 2.45) is 41.1 Å². The lowest BCUT2D eigenvalue weighted by molar-refractivity contribution is -0.265. The van der Waals surface area contributed by atoms with Crippen LogP contribution < -0.4 is 11.5 Å². The molecule has 4 aliphatic rings. The highest BCUT2D eigenvalue weighted by molar-refractivity contribution is 6.39. The first-order chi connectivity index (χ1) is 30.2. The van der Waals surface area contributed by atoms with Crippen LogP contribution in [0.4, 0.5) is 0 Å². The van der Waals surface area contributed by atoms with Crippen LogP contribution in [0.1, 0.15) is 119 Å². The third-order valence-electron chi connectivity index (χ3n) is 14.1.